The van der Waals surface area contributed by atoms with Crippen molar-refractivity contribution >= 4 is 5.69 Å². The van der Waals surface area contributed by atoms with Gasteiger partial charge in [-0.05, 0) is 37.8 Å². The van der Waals surface area contributed by atoms with E-state index < -0.39 is 11.0 Å². The van der Waals surface area contributed by atoms with Gasteiger partial charge in [-0.2, -0.15) is 0 Å². The number of ether oxygens (including phenoxy) is 1. The fraction of sp³-hybridized carbons (Fsp3) is 0.538. The SMILES string of the molecule is Cc1ccc([N+](=O)[O-])cc1O[C@@H]1CCCC[C@H]1O. The molecule has 1 fully saturated rings. The Labute approximate surface area is 106 Å². The summed E-state index contributed by atoms with van der Waals surface area (Å²) in [7, 11) is 0. The van der Waals surface area contributed by atoms with E-state index in [-0.39, 0.29) is 11.8 Å². The van der Waals surface area contributed by atoms with Gasteiger partial charge >= 0.3 is 0 Å². The molecule has 0 aliphatic heterocycles. The van der Waals surface area contributed by atoms with Crippen LogP contribution in [0.3, 0.4) is 0 Å². The molecule has 0 saturated heterocycles. The molecule has 0 amide bonds. The van der Waals surface area contributed by atoms with E-state index >= 15 is 0 Å². The summed E-state index contributed by atoms with van der Waals surface area (Å²) in [5.41, 5.74) is 0.860. The number of hydrogen-bond donors (Lipinski definition) is 1. The van der Waals surface area contributed by atoms with Crippen LogP contribution in [0.2, 0.25) is 0 Å². The Morgan fingerprint density at radius 2 is 2.11 bits per heavy atom. The molecule has 1 aliphatic rings. The van der Waals surface area contributed by atoms with Gasteiger partial charge < -0.3 is 9.84 Å². The van der Waals surface area contributed by atoms with Crippen molar-refractivity contribution in [2.45, 2.75) is 44.8 Å². The summed E-state index contributed by atoms with van der Waals surface area (Å²) in [5, 5.41) is 20.6. The van der Waals surface area contributed by atoms with Crippen LogP contribution in [0.1, 0.15) is 31.2 Å². The number of rotatable bonds is 3. The van der Waals surface area contributed by atoms with Gasteiger partial charge in [-0.15, -0.1) is 0 Å². The van der Waals surface area contributed by atoms with Crippen LogP contribution in [-0.2, 0) is 0 Å². The zero-order chi connectivity index (χ0) is 13.1. The third-order valence-corrected chi connectivity index (χ3v) is 3.33. The van der Waals surface area contributed by atoms with E-state index in [9.17, 15) is 15.2 Å². The molecule has 1 saturated carbocycles. The summed E-state index contributed by atoms with van der Waals surface area (Å²) in [4.78, 5) is 10.3. The van der Waals surface area contributed by atoms with E-state index in [2.05, 4.69) is 0 Å². The molecule has 1 N–H and O–H groups in total. The van der Waals surface area contributed by atoms with Gasteiger partial charge in [0.15, 0.2) is 0 Å². The van der Waals surface area contributed by atoms with Gasteiger partial charge in [0.1, 0.15) is 11.9 Å². The highest BCUT2D eigenvalue weighted by atomic mass is 16.6. The van der Waals surface area contributed by atoms with Crippen molar-refractivity contribution in [2.24, 2.45) is 0 Å². The highest BCUT2D eigenvalue weighted by Gasteiger charge is 2.25. The first-order valence-corrected chi connectivity index (χ1v) is 6.17. The third-order valence-electron chi connectivity index (χ3n) is 3.33. The van der Waals surface area contributed by atoms with Crippen molar-refractivity contribution in [3.8, 4) is 5.75 Å². The Balaban J connectivity index is 2.17. The Bertz CT molecular complexity index is 447. The monoisotopic (exact) mass is 251 g/mol. The molecule has 2 atom stereocenters. The quantitative estimate of drug-likeness (QED) is 0.662. The van der Waals surface area contributed by atoms with Crippen molar-refractivity contribution in [3.63, 3.8) is 0 Å². The molecule has 5 nitrogen and oxygen atoms in total. The van der Waals surface area contributed by atoms with Crippen molar-refractivity contribution in [1.82, 2.24) is 0 Å². The summed E-state index contributed by atoms with van der Waals surface area (Å²) in [6.07, 6.45) is 2.84. The molecule has 0 heterocycles. The Kier molecular flexibility index (Phi) is 3.81. The minimum atomic E-state index is -0.475. The molecule has 5 heteroatoms. The van der Waals surface area contributed by atoms with Crippen LogP contribution >= 0.6 is 0 Å². The molecule has 18 heavy (non-hydrogen) atoms. The molecule has 0 unspecified atom stereocenters. The molecule has 0 spiro atoms. The number of nitro groups is 1. The standard InChI is InChI=1S/C13H17NO4/c1-9-6-7-10(14(16)17)8-13(9)18-12-5-3-2-4-11(12)15/h6-8,11-12,15H,2-5H2,1H3/t11-,12-/m1/s1. The topological polar surface area (TPSA) is 72.6 Å². The van der Waals surface area contributed by atoms with E-state index in [4.69, 9.17) is 4.74 Å². The second-order valence-corrected chi connectivity index (χ2v) is 4.72. The normalized spacial score (nSPS) is 23.7. The van der Waals surface area contributed by atoms with Crippen LogP contribution < -0.4 is 4.74 Å². The average molecular weight is 251 g/mol. The lowest BCUT2D eigenvalue weighted by Crippen LogP contribution is -2.34. The van der Waals surface area contributed by atoms with Crippen LogP contribution in [-0.4, -0.2) is 22.2 Å². The zero-order valence-corrected chi connectivity index (χ0v) is 10.3. The third kappa shape index (κ3) is 2.79. The maximum atomic E-state index is 10.7. The Morgan fingerprint density at radius 1 is 1.39 bits per heavy atom. The van der Waals surface area contributed by atoms with Crippen LogP contribution in [0.4, 0.5) is 5.69 Å². The van der Waals surface area contributed by atoms with Crippen LogP contribution in [0.25, 0.3) is 0 Å². The number of benzene rings is 1. The summed E-state index contributed by atoms with van der Waals surface area (Å²) in [5.74, 6) is 0.496. The molecule has 0 bridgehead atoms. The van der Waals surface area contributed by atoms with Crippen molar-refractivity contribution in [3.05, 3.63) is 33.9 Å². The van der Waals surface area contributed by atoms with Gasteiger partial charge in [0.2, 0.25) is 0 Å². The maximum absolute atomic E-state index is 10.7. The number of nitrogens with zero attached hydrogens (tertiary/aromatic N) is 1. The van der Waals surface area contributed by atoms with Crippen LogP contribution in [0.5, 0.6) is 5.75 Å². The molecule has 0 radical (unpaired) electrons. The molecule has 1 aromatic carbocycles. The van der Waals surface area contributed by atoms with Gasteiger partial charge in [0.05, 0.1) is 17.1 Å². The number of aliphatic hydroxyl groups excluding tert-OH is 1. The van der Waals surface area contributed by atoms with Crippen molar-refractivity contribution in [1.29, 1.82) is 0 Å². The van der Waals surface area contributed by atoms with E-state index in [1.807, 2.05) is 6.92 Å². The zero-order valence-electron chi connectivity index (χ0n) is 10.3. The summed E-state index contributed by atoms with van der Waals surface area (Å²) in [6, 6.07) is 4.55. The second-order valence-electron chi connectivity index (χ2n) is 4.72. The largest absolute Gasteiger partial charge is 0.487 e. The second kappa shape index (κ2) is 5.35. The highest BCUT2D eigenvalue weighted by Crippen LogP contribution is 2.29. The Hall–Kier alpha value is -1.62. The predicted molar refractivity (Wildman–Crippen MR) is 66.7 cm³/mol. The fourth-order valence-electron chi connectivity index (χ4n) is 2.21. The maximum Gasteiger partial charge on any atom is 0.273 e. The van der Waals surface area contributed by atoms with Gasteiger partial charge in [-0.25, -0.2) is 0 Å². The Morgan fingerprint density at radius 3 is 2.78 bits per heavy atom. The molecule has 98 valence electrons. The lowest BCUT2D eigenvalue weighted by Gasteiger charge is -2.28. The summed E-state index contributed by atoms with van der Waals surface area (Å²) >= 11 is 0. The van der Waals surface area contributed by atoms with Crippen LogP contribution in [0.15, 0.2) is 18.2 Å². The molecular weight excluding hydrogens is 234 g/mol. The van der Waals surface area contributed by atoms with Gasteiger partial charge in [0, 0.05) is 6.07 Å². The first-order valence-electron chi connectivity index (χ1n) is 6.17. The van der Waals surface area contributed by atoms with Gasteiger partial charge in [0.25, 0.3) is 5.69 Å². The smallest absolute Gasteiger partial charge is 0.273 e. The minimum absolute atomic E-state index is 0.0147. The molecule has 1 aliphatic carbocycles. The van der Waals surface area contributed by atoms with Crippen LogP contribution in [0, 0.1) is 17.0 Å². The minimum Gasteiger partial charge on any atom is -0.487 e. The van der Waals surface area contributed by atoms with E-state index in [1.165, 1.54) is 12.1 Å². The predicted octanol–water partition coefficient (Wildman–Crippen LogP) is 2.59. The summed E-state index contributed by atoms with van der Waals surface area (Å²) < 4.78 is 5.73. The molecule has 2 rings (SSSR count). The number of hydrogen-bond acceptors (Lipinski definition) is 4. The number of non-ortho nitro benzene ring substituents is 1. The van der Waals surface area contributed by atoms with E-state index in [0.717, 1.165) is 31.2 Å². The molecular formula is C13H17NO4. The number of aliphatic hydroxyl groups is 1. The van der Waals surface area contributed by atoms with E-state index in [0.29, 0.717) is 5.75 Å². The highest BCUT2D eigenvalue weighted by molar-refractivity contribution is 5.43. The fourth-order valence-corrected chi connectivity index (χ4v) is 2.21. The lowest BCUT2D eigenvalue weighted by atomic mass is 9.95. The van der Waals surface area contributed by atoms with E-state index in [1.54, 1.807) is 6.07 Å². The van der Waals surface area contributed by atoms with Crippen molar-refractivity contribution < 1.29 is 14.8 Å². The first-order chi connectivity index (χ1) is 8.58. The number of nitro benzene ring substituents is 1. The van der Waals surface area contributed by atoms with Gasteiger partial charge in [-0.1, -0.05) is 6.42 Å². The molecule has 0 aromatic heterocycles. The van der Waals surface area contributed by atoms with Crippen molar-refractivity contribution in [2.75, 3.05) is 0 Å². The lowest BCUT2D eigenvalue weighted by molar-refractivity contribution is -0.385. The summed E-state index contributed by atoms with van der Waals surface area (Å²) in [6.45, 7) is 1.84. The first kappa shape index (κ1) is 12.8. The molecule has 1 aromatic rings. The van der Waals surface area contributed by atoms with Gasteiger partial charge in [-0.3, -0.25) is 10.1 Å². The number of aryl methyl sites for hydroxylation is 1. The average Bonchev–Trinajstić information content (AvgIpc) is 2.34.